The number of phenolic OH excluding ortho intramolecular Hbond substituents is 1. The third kappa shape index (κ3) is 2.86. The first kappa shape index (κ1) is 17.7. The molecule has 1 N–H and O–H groups in total. The van der Waals surface area contributed by atoms with Gasteiger partial charge in [-0.2, -0.15) is 0 Å². The van der Waals surface area contributed by atoms with Gasteiger partial charge in [-0.1, -0.05) is 12.8 Å². The molecule has 0 heterocycles. The molecule has 25 heavy (non-hydrogen) atoms. The molecule has 0 aromatic heterocycles. The minimum Gasteiger partial charge on any atom is -0.502 e. The van der Waals surface area contributed by atoms with E-state index in [9.17, 15) is 20.0 Å². The number of nitro groups is 1. The lowest BCUT2D eigenvalue weighted by Crippen LogP contribution is -2.64. The van der Waals surface area contributed by atoms with E-state index in [4.69, 9.17) is 4.74 Å². The summed E-state index contributed by atoms with van der Waals surface area (Å²) in [5.41, 5.74) is -0.209. The molecule has 2 unspecified atom stereocenters. The van der Waals surface area contributed by atoms with Crippen LogP contribution in [0.4, 0.5) is 5.69 Å². The van der Waals surface area contributed by atoms with Crippen LogP contribution < -0.4 is 0 Å². The van der Waals surface area contributed by atoms with Crippen LogP contribution in [0.1, 0.15) is 49.4 Å². The summed E-state index contributed by atoms with van der Waals surface area (Å²) in [7, 11) is 1.76. The van der Waals surface area contributed by atoms with Gasteiger partial charge in [-0.05, 0) is 38.3 Å². The molecule has 1 amide bonds. The molecule has 7 heteroatoms. The molecule has 1 spiro atoms. The van der Waals surface area contributed by atoms with E-state index in [0.717, 1.165) is 38.2 Å². The smallest absolute Gasteiger partial charge is 0.311 e. The van der Waals surface area contributed by atoms with Crippen LogP contribution in [0.15, 0.2) is 18.2 Å². The van der Waals surface area contributed by atoms with Gasteiger partial charge in [0.2, 0.25) is 0 Å². The van der Waals surface area contributed by atoms with Crippen molar-refractivity contribution in [3.05, 3.63) is 33.9 Å². The van der Waals surface area contributed by atoms with Crippen LogP contribution in [0, 0.1) is 15.5 Å². The van der Waals surface area contributed by atoms with Gasteiger partial charge in [0.1, 0.15) is 0 Å². The van der Waals surface area contributed by atoms with Crippen molar-refractivity contribution < 1.29 is 19.6 Å². The van der Waals surface area contributed by atoms with Crippen LogP contribution in [-0.2, 0) is 4.74 Å². The number of carbonyl (C=O) groups is 1. The highest BCUT2D eigenvalue weighted by Gasteiger charge is 2.58. The average molecular weight is 348 g/mol. The van der Waals surface area contributed by atoms with Gasteiger partial charge in [0.05, 0.1) is 11.0 Å². The monoisotopic (exact) mass is 348 g/mol. The Hall–Kier alpha value is -2.15. The molecule has 0 aliphatic heterocycles. The summed E-state index contributed by atoms with van der Waals surface area (Å²) in [6.07, 6.45) is 5.38. The maximum Gasteiger partial charge on any atom is 0.311 e. The fourth-order valence-corrected chi connectivity index (χ4v) is 4.54. The van der Waals surface area contributed by atoms with Crippen molar-refractivity contribution in [1.82, 2.24) is 4.90 Å². The number of nitrogens with zero attached hydrogens (tertiary/aromatic N) is 2. The lowest BCUT2D eigenvalue weighted by atomic mass is 9.60. The molecule has 2 atom stereocenters. The molecule has 136 valence electrons. The standard InChI is InChI=1S/C18H24N2O5/c1-3-25-16-11-15(18(16)8-4-5-9-18)19(2)17(22)12-6-7-14(21)13(10-12)20(23)24/h6-7,10,15-16,21H,3-5,8-9,11H2,1-2H3. The van der Waals surface area contributed by atoms with Crippen LogP contribution >= 0.6 is 0 Å². The molecular weight excluding hydrogens is 324 g/mol. The maximum atomic E-state index is 12.9. The van der Waals surface area contributed by atoms with E-state index < -0.39 is 16.4 Å². The van der Waals surface area contributed by atoms with Crippen molar-refractivity contribution in [2.24, 2.45) is 5.41 Å². The first-order chi connectivity index (χ1) is 11.9. The summed E-state index contributed by atoms with van der Waals surface area (Å²) >= 11 is 0. The highest BCUT2D eigenvalue weighted by atomic mass is 16.6. The fourth-order valence-electron chi connectivity index (χ4n) is 4.54. The van der Waals surface area contributed by atoms with E-state index in [1.807, 2.05) is 6.92 Å². The summed E-state index contributed by atoms with van der Waals surface area (Å²) in [4.78, 5) is 24.9. The first-order valence-electron chi connectivity index (χ1n) is 8.77. The molecule has 0 saturated heterocycles. The number of ether oxygens (including phenoxy) is 1. The van der Waals surface area contributed by atoms with Crippen molar-refractivity contribution in [3.8, 4) is 5.75 Å². The number of rotatable bonds is 5. The number of hydrogen-bond acceptors (Lipinski definition) is 5. The zero-order valence-electron chi connectivity index (χ0n) is 14.6. The molecule has 3 rings (SSSR count). The summed E-state index contributed by atoms with van der Waals surface area (Å²) < 4.78 is 5.89. The van der Waals surface area contributed by atoms with E-state index in [1.165, 1.54) is 12.1 Å². The number of phenols is 1. The maximum absolute atomic E-state index is 12.9. The molecule has 2 fully saturated rings. The number of nitro benzene ring substituents is 1. The third-order valence-electron chi connectivity index (χ3n) is 5.85. The van der Waals surface area contributed by atoms with Gasteiger partial charge in [0.25, 0.3) is 5.91 Å². The van der Waals surface area contributed by atoms with Gasteiger partial charge >= 0.3 is 5.69 Å². The summed E-state index contributed by atoms with van der Waals surface area (Å²) in [6, 6.07) is 3.87. The van der Waals surface area contributed by atoms with E-state index in [0.29, 0.717) is 6.61 Å². The number of hydrogen-bond donors (Lipinski definition) is 1. The van der Waals surface area contributed by atoms with E-state index in [1.54, 1.807) is 11.9 Å². The van der Waals surface area contributed by atoms with Gasteiger partial charge < -0.3 is 14.7 Å². The Balaban J connectivity index is 1.81. The Morgan fingerprint density at radius 2 is 2.12 bits per heavy atom. The second kappa shape index (κ2) is 6.63. The minimum absolute atomic E-state index is 0.0171. The van der Waals surface area contributed by atoms with Crippen molar-refractivity contribution in [3.63, 3.8) is 0 Å². The largest absolute Gasteiger partial charge is 0.502 e. The summed E-state index contributed by atoms with van der Waals surface area (Å²) in [5.74, 6) is -0.689. The number of amides is 1. The second-order valence-electron chi connectivity index (χ2n) is 7.01. The molecule has 0 radical (unpaired) electrons. The van der Waals surface area contributed by atoms with Crippen molar-refractivity contribution in [1.29, 1.82) is 0 Å². The van der Waals surface area contributed by atoms with Crippen LogP contribution in [0.2, 0.25) is 0 Å². The van der Waals surface area contributed by atoms with E-state index in [-0.39, 0.29) is 29.0 Å². The van der Waals surface area contributed by atoms with Crippen LogP contribution in [0.5, 0.6) is 5.75 Å². The van der Waals surface area contributed by atoms with Gasteiger partial charge in [-0.15, -0.1) is 0 Å². The predicted octanol–water partition coefficient (Wildman–Crippen LogP) is 3.11. The predicted molar refractivity (Wildman–Crippen MR) is 91.6 cm³/mol. The highest BCUT2D eigenvalue weighted by Crippen LogP contribution is 2.56. The first-order valence-corrected chi connectivity index (χ1v) is 8.77. The minimum atomic E-state index is -0.682. The fraction of sp³-hybridized carbons (Fsp3) is 0.611. The zero-order chi connectivity index (χ0) is 18.2. The number of aromatic hydroxyl groups is 1. The zero-order valence-corrected chi connectivity index (χ0v) is 14.6. The van der Waals surface area contributed by atoms with Gasteiger partial charge in [-0.3, -0.25) is 14.9 Å². The Morgan fingerprint density at radius 1 is 1.44 bits per heavy atom. The topological polar surface area (TPSA) is 92.9 Å². The Bertz CT molecular complexity index is 684. The molecule has 1 aromatic carbocycles. The molecule has 1 aromatic rings. The number of carbonyl (C=O) groups excluding carboxylic acids is 1. The van der Waals surface area contributed by atoms with E-state index >= 15 is 0 Å². The Morgan fingerprint density at radius 3 is 2.72 bits per heavy atom. The lowest BCUT2D eigenvalue weighted by molar-refractivity contribution is -0.385. The summed E-state index contributed by atoms with van der Waals surface area (Å²) in [5, 5.41) is 20.6. The van der Waals surface area contributed by atoms with Crippen molar-refractivity contribution in [2.45, 2.75) is 51.2 Å². The third-order valence-corrected chi connectivity index (χ3v) is 5.85. The molecular formula is C18H24N2O5. The lowest BCUT2D eigenvalue weighted by Gasteiger charge is -2.57. The van der Waals surface area contributed by atoms with Crippen molar-refractivity contribution >= 4 is 11.6 Å². The Kier molecular flexibility index (Phi) is 4.69. The Labute approximate surface area is 146 Å². The van der Waals surface area contributed by atoms with Gasteiger partial charge in [-0.25, -0.2) is 0 Å². The molecule has 2 saturated carbocycles. The second-order valence-corrected chi connectivity index (χ2v) is 7.01. The molecule has 7 nitrogen and oxygen atoms in total. The molecule has 0 bridgehead atoms. The SMILES string of the molecule is CCOC1CC(N(C)C(=O)c2ccc(O)c([N+](=O)[O-])c2)C12CCCC2. The van der Waals surface area contributed by atoms with Crippen LogP contribution in [-0.4, -0.2) is 46.6 Å². The summed E-state index contributed by atoms with van der Waals surface area (Å²) in [6.45, 7) is 2.65. The van der Waals surface area contributed by atoms with E-state index in [2.05, 4.69) is 0 Å². The average Bonchev–Trinajstić information content (AvgIpc) is 3.10. The van der Waals surface area contributed by atoms with Gasteiger partial charge in [0.15, 0.2) is 5.75 Å². The quantitative estimate of drug-likeness (QED) is 0.652. The normalized spacial score (nSPS) is 24.1. The van der Waals surface area contributed by atoms with Crippen LogP contribution in [0.25, 0.3) is 0 Å². The number of benzene rings is 1. The van der Waals surface area contributed by atoms with Crippen molar-refractivity contribution in [2.75, 3.05) is 13.7 Å². The van der Waals surface area contributed by atoms with Gasteiger partial charge in [0, 0.05) is 36.7 Å². The molecule has 2 aliphatic rings. The highest BCUT2D eigenvalue weighted by molar-refractivity contribution is 5.95. The molecule has 2 aliphatic carbocycles. The van der Waals surface area contributed by atoms with Crippen LogP contribution in [0.3, 0.4) is 0 Å².